The van der Waals surface area contributed by atoms with Crippen molar-refractivity contribution in [3.8, 4) is 5.75 Å². The van der Waals surface area contributed by atoms with Crippen molar-refractivity contribution < 1.29 is 18.8 Å². The highest BCUT2D eigenvalue weighted by Gasteiger charge is 2.41. The Morgan fingerprint density at radius 3 is 2.85 bits per heavy atom. The maximum atomic E-state index is 12.5. The van der Waals surface area contributed by atoms with Crippen molar-refractivity contribution >= 4 is 5.91 Å². The van der Waals surface area contributed by atoms with Gasteiger partial charge in [-0.2, -0.15) is 4.98 Å². The van der Waals surface area contributed by atoms with E-state index in [0.717, 1.165) is 17.7 Å². The predicted molar refractivity (Wildman–Crippen MR) is 95.0 cm³/mol. The topological polar surface area (TPSA) is 77.7 Å². The molecule has 0 unspecified atom stereocenters. The molecule has 2 aromatic rings. The summed E-state index contributed by atoms with van der Waals surface area (Å²) < 4.78 is 16.8. The Balaban J connectivity index is 1.54. The monoisotopic (exact) mass is 359 g/mol. The Kier molecular flexibility index (Phi) is 5.56. The lowest BCUT2D eigenvalue weighted by Crippen LogP contribution is -2.42. The zero-order chi connectivity index (χ0) is 18.6. The zero-order valence-corrected chi connectivity index (χ0v) is 15.5. The third-order valence-electron chi connectivity index (χ3n) is 4.81. The molecule has 0 N–H and O–H groups in total. The highest BCUT2D eigenvalue weighted by atomic mass is 16.5. The second-order valence-electron chi connectivity index (χ2n) is 6.74. The summed E-state index contributed by atoms with van der Waals surface area (Å²) in [6.07, 6.45) is 1.55. The van der Waals surface area contributed by atoms with E-state index in [4.69, 9.17) is 14.0 Å². The van der Waals surface area contributed by atoms with Gasteiger partial charge >= 0.3 is 0 Å². The van der Waals surface area contributed by atoms with Crippen molar-refractivity contribution in [2.75, 3.05) is 26.8 Å². The number of carbonyl (C=O) groups is 1. The molecule has 0 saturated carbocycles. The van der Waals surface area contributed by atoms with Gasteiger partial charge in [-0.25, -0.2) is 0 Å². The number of methoxy groups -OCH3 is 1. The smallest absolute Gasteiger partial charge is 0.227 e. The van der Waals surface area contributed by atoms with Crippen molar-refractivity contribution in [3.05, 3.63) is 41.5 Å². The average Bonchev–Trinajstić information content (AvgIpc) is 3.26. The van der Waals surface area contributed by atoms with Crippen LogP contribution in [0.15, 0.2) is 28.8 Å². The molecule has 2 heterocycles. The maximum Gasteiger partial charge on any atom is 0.227 e. The van der Waals surface area contributed by atoms with Crippen LogP contribution in [0.2, 0.25) is 0 Å². The van der Waals surface area contributed by atoms with Crippen molar-refractivity contribution in [2.45, 2.75) is 38.7 Å². The molecule has 140 valence electrons. The first-order valence-electron chi connectivity index (χ1n) is 8.82. The molecule has 7 nitrogen and oxygen atoms in total. The molecule has 1 saturated heterocycles. The van der Waals surface area contributed by atoms with Crippen LogP contribution in [0, 0.1) is 13.8 Å². The quantitative estimate of drug-likeness (QED) is 0.755. The van der Waals surface area contributed by atoms with Gasteiger partial charge in [0, 0.05) is 26.5 Å². The highest BCUT2D eigenvalue weighted by Crippen LogP contribution is 2.28. The van der Waals surface area contributed by atoms with E-state index in [1.54, 1.807) is 14.0 Å². The lowest BCUT2D eigenvalue weighted by Gasteiger charge is -2.28. The molecule has 7 heteroatoms. The first-order chi connectivity index (χ1) is 12.5. The molecule has 1 aromatic carbocycles. The first kappa shape index (κ1) is 18.4. The summed E-state index contributed by atoms with van der Waals surface area (Å²) in [5.41, 5.74) is 0.610. The SMILES string of the molecule is CO[C@@]1(COc2ccccc2C)CCN(C(=O)CCc2nc(C)no2)C1. The lowest BCUT2D eigenvalue weighted by molar-refractivity contribution is -0.131. The summed E-state index contributed by atoms with van der Waals surface area (Å²) in [4.78, 5) is 18.5. The van der Waals surface area contributed by atoms with Crippen molar-refractivity contribution in [3.63, 3.8) is 0 Å². The lowest BCUT2D eigenvalue weighted by atomic mass is 10.0. The molecule has 0 spiro atoms. The molecule has 0 aliphatic carbocycles. The van der Waals surface area contributed by atoms with E-state index in [9.17, 15) is 4.79 Å². The minimum absolute atomic E-state index is 0.0654. The molecule has 1 aliphatic rings. The van der Waals surface area contributed by atoms with E-state index in [-0.39, 0.29) is 5.91 Å². The van der Waals surface area contributed by atoms with Gasteiger partial charge in [-0.05, 0) is 31.9 Å². The number of likely N-dealkylation sites (tertiary alicyclic amines) is 1. The van der Waals surface area contributed by atoms with Gasteiger partial charge in [-0.15, -0.1) is 0 Å². The summed E-state index contributed by atoms with van der Waals surface area (Å²) in [5, 5.41) is 3.74. The summed E-state index contributed by atoms with van der Waals surface area (Å²) >= 11 is 0. The van der Waals surface area contributed by atoms with Crippen LogP contribution in [0.25, 0.3) is 0 Å². The minimum Gasteiger partial charge on any atom is -0.490 e. The van der Waals surface area contributed by atoms with E-state index in [1.807, 2.05) is 36.1 Å². The largest absolute Gasteiger partial charge is 0.490 e. The number of rotatable bonds is 7. The van der Waals surface area contributed by atoms with Crippen molar-refractivity contribution in [1.82, 2.24) is 15.0 Å². The third-order valence-corrected chi connectivity index (χ3v) is 4.81. The first-order valence-corrected chi connectivity index (χ1v) is 8.82. The molecule has 1 aliphatic heterocycles. The second kappa shape index (κ2) is 7.86. The number of hydrogen-bond acceptors (Lipinski definition) is 6. The van der Waals surface area contributed by atoms with E-state index in [2.05, 4.69) is 10.1 Å². The van der Waals surface area contributed by atoms with Crippen LogP contribution in [0.3, 0.4) is 0 Å². The molecule has 1 fully saturated rings. The summed E-state index contributed by atoms with van der Waals surface area (Å²) in [7, 11) is 1.68. The predicted octanol–water partition coefficient (Wildman–Crippen LogP) is 2.32. The fraction of sp³-hybridized carbons (Fsp3) is 0.526. The second-order valence-corrected chi connectivity index (χ2v) is 6.74. The molecule has 1 amide bonds. The minimum atomic E-state index is -0.473. The van der Waals surface area contributed by atoms with Crippen molar-refractivity contribution in [1.29, 1.82) is 0 Å². The van der Waals surface area contributed by atoms with Gasteiger partial charge < -0.3 is 18.9 Å². The third kappa shape index (κ3) is 4.22. The van der Waals surface area contributed by atoms with E-state index in [0.29, 0.717) is 44.3 Å². The Labute approximate surface area is 153 Å². The van der Waals surface area contributed by atoms with Crippen LogP contribution < -0.4 is 4.74 Å². The Morgan fingerprint density at radius 1 is 1.35 bits per heavy atom. The molecule has 3 rings (SSSR count). The molecule has 1 atom stereocenters. The molecule has 26 heavy (non-hydrogen) atoms. The summed E-state index contributed by atoms with van der Waals surface area (Å²) in [6.45, 7) is 5.37. The van der Waals surface area contributed by atoms with Gasteiger partial charge in [0.15, 0.2) is 5.82 Å². The average molecular weight is 359 g/mol. The fourth-order valence-electron chi connectivity index (χ4n) is 3.14. The number of amides is 1. The van der Waals surface area contributed by atoms with Gasteiger partial charge in [-0.3, -0.25) is 4.79 Å². The molecule has 0 bridgehead atoms. The van der Waals surface area contributed by atoms with E-state index < -0.39 is 5.60 Å². The van der Waals surface area contributed by atoms with Crippen LogP contribution in [0.4, 0.5) is 0 Å². The summed E-state index contributed by atoms with van der Waals surface area (Å²) in [5.74, 6) is 1.99. The highest BCUT2D eigenvalue weighted by molar-refractivity contribution is 5.76. The fourth-order valence-corrected chi connectivity index (χ4v) is 3.14. The van der Waals surface area contributed by atoms with Crippen LogP contribution in [0.5, 0.6) is 5.75 Å². The number of carbonyl (C=O) groups excluding carboxylic acids is 1. The van der Waals surface area contributed by atoms with Crippen LogP contribution in [-0.2, 0) is 16.0 Å². The number of aryl methyl sites for hydroxylation is 3. The van der Waals surface area contributed by atoms with Gasteiger partial charge in [-0.1, -0.05) is 23.4 Å². The van der Waals surface area contributed by atoms with Crippen molar-refractivity contribution in [2.24, 2.45) is 0 Å². The number of hydrogen-bond donors (Lipinski definition) is 0. The Morgan fingerprint density at radius 2 is 2.15 bits per heavy atom. The van der Waals surface area contributed by atoms with Crippen LogP contribution in [0.1, 0.15) is 30.1 Å². The van der Waals surface area contributed by atoms with E-state index in [1.165, 1.54) is 0 Å². The van der Waals surface area contributed by atoms with Crippen LogP contribution >= 0.6 is 0 Å². The van der Waals surface area contributed by atoms with Crippen LogP contribution in [-0.4, -0.2) is 53.4 Å². The zero-order valence-electron chi connectivity index (χ0n) is 15.5. The molecule has 1 aromatic heterocycles. The number of aromatic nitrogens is 2. The number of ether oxygens (including phenoxy) is 2. The number of para-hydroxylation sites is 1. The summed E-state index contributed by atoms with van der Waals surface area (Å²) in [6, 6.07) is 7.89. The number of benzene rings is 1. The van der Waals surface area contributed by atoms with Gasteiger partial charge in [0.05, 0.1) is 6.54 Å². The molecule has 0 radical (unpaired) electrons. The maximum absolute atomic E-state index is 12.5. The Bertz CT molecular complexity index is 761. The van der Waals surface area contributed by atoms with E-state index >= 15 is 0 Å². The molecular weight excluding hydrogens is 334 g/mol. The normalized spacial score (nSPS) is 19.7. The standard InChI is InChI=1S/C19H25N3O4/c1-14-6-4-5-7-16(14)25-13-19(24-3)10-11-22(12-19)18(23)9-8-17-20-15(2)21-26-17/h4-7H,8-13H2,1-3H3/t19-/m0/s1. The van der Waals surface area contributed by atoms with Gasteiger partial charge in [0.1, 0.15) is 18.0 Å². The molecular formula is C19H25N3O4. The number of nitrogens with zero attached hydrogens (tertiary/aromatic N) is 3. The Hall–Kier alpha value is -2.41. The van der Waals surface area contributed by atoms with Gasteiger partial charge in [0.25, 0.3) is 0 Å². The van der Waals surface area contributed by atoms with Gasteiger partial charge in [0.2, 0.25) is 11.8 Å².